The van der Waals surface area contributed by atoms with E-state index in [0.29, 0.717) is 75.4 Å². The van der Waals surface area contributed by atoms with Crippen LogP contribution in [-0.2, 0) is 41.5 Å². The number of carboxylic acid groups (broad SMARTS) is 2. The summed E-state index contributed by atoms with van der Waals surface area (Å²) in [6.45, 7) is 11.4. The number of benzene rings is 8. The highest BCUT2D eigenvalue weighted by Gasteiger charge is 2.19. The van der Waals surface area contributed by atoms with Gasteiger partial charge in [-0.15, -0.1) is 0 Å². The lowest BCUT2D eigenvalue weighted by molar-refractivity contribution is -0.140. The molecule has 105 heavy (non-hydrogen) atoms. The lowest BCUT2D eigenvalue weighted by Crippen LogP contribution is -2.20. The molecule has 3 aromatic heterocycles. The number of nitrogens with zero attached hydrogens (tertiary/aromatic N) is 3. The molecule has 0 atom stereocenters. The maximum atomic E-state index is 12.5. The van der Waals surface area contributed by atoms with Gasteiger partial charge in [-0.2, -0.15) is 10.2 Å². The number of hydrogen-bond donors (Lipinski definition) is 7. The molecule has 0 saturated heterocycles. The van der Waals surface area contributed by atoms with Gasteiger partial charge in [0.15, 0.2) is 6.61 Å². The first kappa shape index (κ1) is 83.7. The topological polar surface area (TPSA) is 284 Å². The smallest absolute Gasteiger partial charge is 0.340 e. The number of ether oxygens (including phenoxy) is 4. The van der Waals surface area contributed by atoms with Crippen LogP contribution in [0.3, 0.4) is 0 Å². The highest BCUT2D eigenvalue weighted by molar-refractivity contribution is 6.36. The minimum absolute atomic E-state index is 0.0355. The Kier molecular flexibility index (Phi) is 32.4. The molecule has 11 rings (SSSR count). The van der Waals surface area contributed by atoms with Crippen LogP contribution in [0.4, 0.5) is 5.69 Å². The van der Waals surface area contributed by atoms with Gasteiger partial charge in [-0.05, 0) is 152 Å². The second-order valence-corrected chi connectivity index (χ2v) is 26.3. The van der Waals surface area contributed by atoms with Crippen LogP contribution < -0.4 is 20.3 Å². The summed E-state index contributed by atoms with van der Waals surface area (Å²) >= 11 is 42.6. The summed E-state index contributed by atoms with van der Waals surface area (Å²) in [5, 5.41) is 42.4. The number of methoxy groups -OCH3 is 3. The minimum atomic E-state index is -0.991. The third-order valence-electron chi connectivity index (χ3n) is 14.9. The SMILES string of the molecule is COC(=O)/C(=C\N(C)C)c1ccc(C)cc1Cl.COC(=O)Cc1ccc(C)cc1Cl.COc1[nH]ncc1-c1ccc(C)cc1Cl.Cc1ccc(-c2c[nH][nH]c2=O)c(Cl)c1.Cc1ccc(-c2cn[nH]c2OCC(=O)Nc2ccc(-c3ccc(CC(=O)O)cc3)cc2Cl)c(Cl)c1.Cc1ccc(C(=O)O)c(Cl)c1. The molecule has 0 spiro atoms. The number of carbonyl (C=O) groups excluding carboxylic acids is 3. The number of aromatic nitrogens is 6. The Balaban J connectivity index is 0.000000210. The van der Waals surface area contributed by atoms with Crippen LogP contribution in [-0.4, -0.2) is 118 Å². The number of nitrogens with one attached hydrogen (secondary N) is 5. The molecule has 0 bridgehead atoms. The van der Waals surface area contributed by atoms with Crippen molar-refractivity contribution in [1.82, 2.24) is 35.5 Å². The normalized spacial score (nSPS) is 10.5. The lowest BCUT2D eigenvalue weighted by atomic mass is 10.0. The molecule has 0 radical (unpaired) electrons. The lowest BCUT2D eigenvalue weighted by Gasteiger charge is -2.12. The first-order chi connectivity index (χ1) is 49.9. The van der Waals surface area contributed by atoms with Crippen molar-refractivity contribution < 1.29 is 53.1 Å². The average molecular weight is 1560 g/mol. The number of amides is 1. The third kappa shape index (κ3) is 25.5. The highest BCUT2D eigenvalue weighted by Crippen LogP contribution is 2.36. The summed E-state index contributed by atoms with van der Waals surface area (Å²) in [6, 6.07) is 45.6. The molecule has 7 N–H and O–H groups in total. The summed E-state index contributed by atoms with van der Waals surface area (Å²) < 4.78 is 20.1. The van der Waals surface area contributed by atoms with Crippen molar-refractivity contribution in [2.24, 2.45) is 0 Å². The quantitative estimate of drug-likeness (QED) is 0.0330. The van der Waals surface area contributed by atoms with Gasteiger partial charge in [0.2, 0.25) is 11.8 Å². The molecular formula is C78H75Cl7N8O12. The number of carboxylic acids is 2. The Morgan fingerprint density at radius 2 is 0.971 bits per heavy atom. The minimum Gasteiger partial charge on any atom is -0.481 e. The number of carbonyl (C=O) groups is 5. The summed E-state index contributed by atoms with van der Waals surface area (Å²) in [6.07, 6.45) is 6.80. The molecule has 0 saturated carbocycles. The second-order valence-electron chi connectivity index (χ2n) is 23.5. The zero-order valence-corrected chi connectivity index (χ0v) is 64.1. The molecule has 27 heteroatoms. The van der Waals surface area contributed by atoms with Crippen molar-refractivity contribution in [3.63, 3.8) is 0 Å². The number of esters is 2. The number of anilines is 1. The van der Waals surface area contributed by atoms with Gasteiger partial charge in [-0.25, -0.2) is 19.8 Å². The molecule has 11 aromatic rings. The molecule has 8 aromatic carbocycles. The van der Waals surface area contributed by atoms with Crippen LogP contribution in [0.1, 0.15) is 60.4 Å². The summed E-state index contributed by atoms with van der Waals surface area (Å²) in [4.78, 5) is 69.5. The van der Waals surface area contributed by atoms with E-state index >= 15 is 0 Å². The summed E-state index contributed by atoms with van der Waals surface area (Å²) in [5.41, 5.74) is 15.6. The standard InChI is InChI=1S/C26H21Cl2N3O4.C13H16ClNO2.C11H11ClN2O.C10H9ClN2O.C10H11ClO2.C8H7ClO2/c1-15-2-8-19(21(27)10-15)20-13-29-31-26(20)35-14-24(32)30-23-9-7-18(12-22(23)28)17-5-3-16(4-6-17)11-25(33)34;1-9-5-6-10(12(14)7-9)11(8-15(2)3)13(16)17-4;1-7-3-4-8(10(12)5-7)9-6-13-14-11(9)15-2;1-6-2-3-7(9(11)4-6)8-5-12-13-10(8)14;1-7-3-4-8(9(11)5-7)6-10(12)13-2;1-5-2-3-6(8(10)11)7(9)4-5/h2-10,12-13H,11,14H2,1H3,(H,29,31)(H,30,32)(H,33,34);5-8H,1-4H3;3-6H,1-2H3,(H,13,14);2-5H,1H3,(H2,12,13,14);3-5H,6H2,1-2H3;2-4H,1H3,(H,10,11)/b;11-8-;;;;. The Bertz CT molecular complexity index is 4930. The number of aryl methyl sites for hydroxylation is 6. The van der Waals surface area contributed by atoms with Gasteiger partial charge >= 0.3 is 23.9 Å². The number of halogens is 7. The maximum absolute atomic E-state index is 12.5. The summed E-state index contributed by atoms with van der Waals surface area (Å²) in [5.74, 6) is -1.98. The number of hydrogen-bond acceptors (Lipinski definition) is 13. The molecule has 0 fully saturated rings. The zero-order chi connectivity index (χ0) is 77.2. The maximum Gasteiger partial charge on any atom is 0.340 e. The van der Waals surface area contributed by atoms with Crippen molar-refractivity contribution in [2.75, 3.05) is 47.3 Å². The molecule has 3 heterocycles. The van der Waals surface area contributed by atoms with E-state index in [4.69, 9.17) is 106 Å². The van der Waals surface area contributed by atoms with E-state index in [1.165, 1.54) is 20.3 Å². The van der Waals surface area contributed by atoms with E-state index in [0.717, 1.165) is 72.3 Å². The van der Waals surface area contributed by atoms with E-state index < -0.39 is 23.8 Å². The molecule has 0 aliphatic heterocycles. The molecule has 0 aliphatic carbocycles. The first-order valence-corrected chi connectivity index (χ1v) is 34.3. The van der Waals surface area contributed by atoms with Gasteiger partial charge in [-0.3, -0.25) is 24.3 Å². The first-order valence-electron chi connectivity index (χ1n) is 31.6. The molecule has 1 amide bonds. The van der Waals surface area contributed by atoms with E-state index in [9.17, 15) is 28.8 Å². The van der Waals surface area contributed by atoms with Gasteiger partial charge in [0, 0.05) is 73.9 Å². The Morgan fingerprint density at radius 3 is 1.41 bits per heavy atom. The van der Waals surface area contributed by atoms with Gasteiger partial charge < -0.3 is 44.5 Å². The zero-order valence-electron chi connectivity index (χ0n) is 58.8. The number of aromatic carboxylic acids is 1. The highest BCUT2D eigenvalue weighted by atomic mass is 35.5. The number of aromatic amines is 4. The Labute approximate surface area is 642 Å². The van der Waals surface area contributed by atoms with E-state index in [1.807, 2.05) is 165 Å². The van der Waals surface area contributed by atoms with Crippen LogP contribution in [0.25, 0.3) is 50.1 Å². The van der Waals surface area contributed by atoms with Crippen molar-refractivity contribution >= 4 is 122 Å². The third-order valence-corrected chi connectivity index (χ3v) is 17.1. The predicted molar refractivity (Wildman–Crippen MR) is 418 cm³/mol. The van der Waals surface area contributed by atoms with E-state index in [1.54, 1.807) is 73.2 Å². The van der Waals surface area contributed by atoms with Crippen molar-refractivity contribution in [2.45, 2.75) is 54.4 Å². The van der Waals surface area contributed by atoms with Crippen LogP contribution in [0, 0.1) is 41.5 Å². The van der Waals surface area contributed by atoms with Gasteiger partial charge in [-0.1, -0.05) is 178 Å². The van der Waals surface area contributed by atoms with Gasteiger partial charge in [0.25, 0.3) is 11.5 Å². The Morgan fingerprint density at radius 1 is 0.505 bits per heavy atom. The number of H-pyrrole nitrogens is 4. The summed E-state index contributed by atoms with van der Waals surface area (Å²) in [7, 11) is 7.99. The van der Waals surface area contributed by atoms with Crippen LogP contribution >= 0.6 is 81.2 Å². The van der Waals surface area contributed by atoms with Crippen LogP contribution in [0.2, 0.25) is 35.2 Å². The van der Waals surface area contributed by atoms with Crippen molar-refractivity contribution in [3.05, 3.63) is 278 Å². The molecule has 0 aliphatic rings. The fraction of sp³-hybridized carbons (Fsp3) is 0.179. The number of aliphatic carboxylic acids is 1. The molecule has 20 nitrogen and oxygen atoms in total. The van der Waals surface area contributed by atoms with Crippen molar-refractivity contribution in [3.8, 4) is 56.3 Å². The molecule has 0 unspecified atom stereocenters. The fourth-order valence-electron chi connectivity index (χ4n) is 9.59. The largest absolute Gasteiger partial charge is 0.481 e. The molecular weight excluding hydrogens is 1490 g/mol. The van der Waals surface area contributed by atoms with Gasteiger partial charge in [0.1, 0.15) is 0 Å². The predicted octanol–water partition coefficient (Wildman–Crippen LogP) is 18.8. The van der Waals surface area contributed by atoms with Crippen LogP contribution in [0.5, 0.6) is 11.8 Å². The van der Waals surface area contributed by atoms with Gasteiger partial charge in [0.05, 0.1) is 90.1 Å². The second kappa shape index (κ2) is 40.7. The molecule has 548 valence electrons. The Hall–Kier alpha value is -10.3. The monoisotopic (exact) mass is 1560 g/mol. The number of rotatable bonds is 17. The van der Waals surface area contributed by atoms with E-state index in [2.05, 4.69) is 40.6 Å². The van der Waals surface area contributed by atoms with E-state index in [-0.39, 0.29) is 41.6 Å². The fourth-order valence-corrected chi connectivity index (χ4v) is 11.8. The average Bonchev–Trinajstić information content (AvgIpc) is 1.82. The van der Waals surface area contributed by atoms with Crippen LogP contribution in [0.15, 0.2) is 181 Å². The van der Waals surface area contributed by atoms with Crippen molar-refractivity contribution in [1.29, 1.82) is 0 Å².